The summed E-state index contributed by atoms with van der Waals surface area (Å²) in [4.78, 5) is 13.2. The fourth-order valence-electron chi connectivity index (χ4n) is 4.42. The van der Waals surface area contributed by atoms with E-state index in [-0.39, 0.29) is 15.4 Å². The van der Waals surface area contributed by atoms with Gasteiger partial charge >= 0.3 is 0 Å². The molecule has 0 atom stereocenters. The Morgan fingerprint density at radius 1 is 0.763 bits per heavy atom. The molecular weight excluding hydrogens is 522 g/mol. The van der Waals surface area contributed by atoms with Crippen LogP contribution in [0.2, 0.25) is 0 Å². The summed E-state index contributed by atoms with van der Waals surface area (Å²) in [5.41, 5.74) is 3.26. The van der Waals surface area contributed by atoms with Crippen LogP contribution in [0, 0.1) is 20.8 Å². The van der Waals surface area contributed by atoms with E-state index in [4.69, 9.17) is 0 Å². The average Bonchev–Trinajstić information content (AvgIpc) is 3.17. The molecule has 3 aromatic rings. The van der Waals surface area contributed by atoms with Crippen molar-refractivity contribution in [2.45, 2.75) is 56.2 Å². The van der Waals surface area contributed by atoms with Gasteiger partial charge in [-0.3, -0.25) is 9.52 Å². The summed E-state index contributed by atoms with van der Waals surface area (Å²) < 4.78 is 56.6. The number of carbonyl (C=O) groups is 1. The Morgan fingerprint density at radius 2 is 1.39 bits per heavy atom. The van der Waals surface area contributed by atoms with Gasteiger partial charge in [-0.15, -0.1) is 0 Å². The zero-order chi connectivity index (χ0) is 27.5. The number of benzene rings is 3. The summed E-state index contributed by atoms with van der Waals surface area (Å²) >= 11 is 0. The molecule has 1 aliphatic heterocycles. The highest BCUT2D eigenvalue weighted by Gasteiger charge is 2.25. The highest BCUT2D eigenvalue weighted by Crippen LogP contribution is 2.25. The fraction of sp³-hybridized carbons (Fsp3) is 0.321. The van der Waals surface area contributed by atoms with Crippen molar-refractivity contribution in [3.05, 3.63) is 82.9 Å². The topological polar surface area (TPSA) is 113 Å². The molecule has 0 aromatic heterocycles. The lowest BCUT2D eigenvalue weighted by Crippen LogP contribution is -2.31. The fourth-order valence-corrected chi connectivity index (χ4v) is 7.33. The molecule has 1 amide bonds. The first kappa shape index (κ1) is 27.8. The Hall–Kier alpha value is -3.21. The number of rotatable bonds is 7. The molecule has 2 N–H and O–H groups in total. The highest BCUT2D eigenvalue weighted by molar-refractivity contribution is 7.92. The third kappa shape index (κ3) is 6.25. The maximum atomic E-state index is 13.2. The van der Waals surface area contributed by atoms with Crippen LogP contribution >= 0.6 is 0 Å². The number of carbonyl (C=O) groups excluding carboxylic acids is 1. The molecule has 8 nitrogen and oxygen atoms in total. The van der Waals surface area contributed by atoms with Gasteiger partial charge in [-0.2, -0.15) is 4.31 Å². The molecular formula is C28H33N3O5S2. The number of hydrogen-bond donors (Lipinski definition) is 2. The van der Waals surface area contributed by atoms with Crippen LogP contribution in [0.5, 0.6) is 0 Å². The quantitative estimate of drug-likeness (QED) is 0.415. The minimum atomic E-state index is -3.95. The second-order valence-electron chi connectivity index (χ2n) is 9.70. The first-order valence-corrected chi connectivity index (χ1v) is 15.5. The largest absolute Gasteiger partial charge is 0.322 e. The number of sulfonamides is 2. The van der Waals surface area contributed by atoms with E-state index in [0.29, 0.717) is 30.0 Å². The van der Waals surface area contributed by atoms with Crippen molar-refractivity contribution in [3.63, 3.8) is 0 Å². The van der Waals surface area contributed by atoms with Crippen molar-refractivity contribution >= 4 is 37.3 Å². The summed E-state index contributed by atoms with van der Waals surface area (Å²) in [5, 5.41) is 2.73. The molecule has 1 fully saturated rings. The van der Waals surface area contributed by atoms with Crippen molar-refractivity contribution < 1.29 is 21.6 Å². The molecule has 1 saturated heterocycles. The summed E-state index contributed by atoms with van der Waals surface area (Å²) in [5.74, 6) is -0.503. The van der Waals surface area contributed by atoms with Gasteiger partial charge in [-0.05, 0) is 92.8 Å². The lowest BCUT2D eigenvalue weighted by molar-refractivity contribution is 0.102. The molecule has 1 heterocycles. The van der Waals surface area contributed by atoms with Crippen LogP contribution in [0.4, 0.5) is 11.4 Å². The normalized spacial score (nSPS) is 15.0. The van der Waals surface area contributed by atoms with Crippen molar-refractivity contribution in [2.24, 2.45) is 0 Å². The van der Waals surface area contributed by atoms with Crippen molar-refractivity contribution in [2.75, 3.05) is 23.1 Å². The predicted octanol–water partition coefficient (Wildman–Crippen LogP) is 5.23. The number of aryl methyl sites for hydroxylation is 3. The van der Waals surface area contributed by atoms with Gasteiger partial charge in [-0.25, -0.2) is 16.8 Å². The van der Waals surface area contributed by atoms with E-state index >= 15 is 0 Å². The molecule has 0 radical (unpaired) electrons. The highest BCUT2D eigenvalue weighted by atomic mass is 32.2. The van der Waals surface area contributed by atoms with E-state index in [1.807, 2.05) is 26.0 Å². The average molecular weight is 556 g/mol. The maximum absolute atomic E-state index is 13.2. The first-order valence-electron chi connectivity index (χ1n) is 12.6. The number of nitrogens with one attached hydrogen (secondary N) is 2. The number of nitrogens with zero attached hydrogens (tertiary/aromatic N) is 1. The van der Waals surface area contributed by atoms with Crippen molar-refractivity contribution in [1.82, 2.24) is 4.31 Å². The van der Waals surface area contributed by atoms with Gasteiger partial charge in [0.05, 0.1) is 15.5 Å². The number of amides is 1. The van der Waals surface area contributed by atoms with E-state index in [9.17, 15) is 21.6 Å². The molecule has 0 spiro atoms. The Kier molecular flexibility index (Phi) is 8.25. The summed E-state index contributed by atoms with van der Waals surface area (Å²) in [6.07, 6.45) is 3.75. The third-order valence-corrected chi connectivity index (χ3v) is 10.1. The van der Waals surface area contributed by atoms with Crippen LogP contribution in [-0.2, 0) is 20.0 Å². The Balaban J connectivity index is 1.51. The van der Waals surface area contributed by atoms with Crippen LogP contribution in [-0.4, -0.2) is 40.1 Å². The van der Waals surface area contributed by atoms with Gasteiger partial charge in [0.2, 0.25) is 10.0 Å². The standard InChI is InChI=1S/C28H33N3O5S2/c1-20-8-9-21(2)26(18-20)30-37(33,34)27-19-23(11-10-22(27)3)28(32)29-24-12-14-25(15-13-24)38(35,36)31-16-6-4-5-7-17-31/h8-15,18-19,30H,4-7,16-17H2,1-3H3,(H,29,32). The number of anilines is 2. The summed E-state index contributed by atoms with van der Waals surface area (Å²) in [6, 6.07) is 16.0. The van der Waals surface area contributed by atoms with Crippen LogP contribution < -0.4 is 10.0 Å². The monoisotopic (exact) mass is 555 g/mol. The molecule has 0 saturated carbocycles. The molecule has 10 heteroatoms. The summed E-state index contributed by atoms with van der Waals surface area (Å²) in [6.45, 7) is 6.39. The van der Waals surface area contributed by atoms with Crippen molar-refractivity contribution in [3.8, 4) is 0 Å². The van der Waals surface area contributed by atoms with Crippen molar-refractivity contribution in [1.29, 1.82) is 0 Å². The van der Waals surface area contributed by atoms with Gasteiger partial charge < -0.3 is 5.32 Å². The van der Waals surface area contributed by atoms with E-state index in [0.717, 1.165) is 36.8 Å². The van der Waals surface area contributed by atoms with Gasteiger partial charge in [0.25, 0.3) is 15.9 Å². The first-order chi connectivity index (χ1) is 18.0. The van der Waals surface area contributed by atoms with Crippen LogP contribution in [0.15, 0.2) is 70.5 Å². The maximum Gasteiger partial charge on any atom is 0.262 e. The van der Waals surface area contributed by atoms with Gasteiger partial charge in [0.1, 0.15) is 0 Å². The predicted molar refractivity (Wildman–Crippen MR) is 150 cm³/mol. The molecule has 0 aliphatic carbocycles. The molecule has 3 aromatic carbocycles. The Morgan fingerprint density at radius 3 is 2.05 bits per heavy atom. The minimum Gasteiger partial charge on any atom is -0.322 e. The van der Waals surface area contributed by atoms with E-state index in [1.54, 1.807) is 25.1 Å². The Labute approximate surface area is 225 Å². The zero-order valence-electron chi connectivity index (χ0n) is 21.8. The van der Waals surface area contributed by atoms with E-state index < -0.39 is 26.0 Å². The molecule has 202 valence electrons. The van der Waals surface area contributed by atoms with Gasteiger partial charge in [0, 0.05) is 24.3 Å². The smallest absolute Gasteiger partial charge is 0.262 e. The minimum absolute atomic E-state index is 0.00458. The van der Waals surface area contributed by atoms with Gasteiger partial charge in [0.15, 0.2) is 0 Å². The number of hydrogen-bond acceptors (Lipinski definition) is 5. The lowest BCUT2D eigenvalue weighted by Gasteiger charge is -2.20. The molecule has 0 unspecified atom stereocenters. The second-order valence-corrected chi connectivity index (χ2v) is 13.3. The van der Waals surface area contributed by atoms with Crippen LogP contribution in [0.3, 0.4) is 0 Å². The SMILES string of the molecule is Cc1ccc(C)c(NS(=O)(=O)c2cc(C(=O)Nc3ccc(S(=O)(=O)N4CCCCCC4)cc3)ccc2C)c1. The van der Waals surface area contributed by atoms with Crippen LogP contribution in [0.25, 0.3) is 0 Å². The molecule has 38 heavy (non-hydrogen) atoms. The third-order valence-electron chi connectivity index (χ3n) is 6.69. The zero-order valence-corrected chi connectivity index (χ0v) is 23.5. The molecule has 4 rings (SSSR count). The van der Waals surface area contributed by atoms with E-state index in [1.165, 1.54) is 34.6 Å². The second kappa shape index (κ2) is 11.3. The van der Waals surface area contributed by atoms with E-state index in [2.05, 4.69) is 10.0 Å². The van der Waals surface area contributed by atoms with Crippen LogP contribution in [0.1, 0.15) is 52.7 Å². The lowest BCUT2D eigenvalue weighted by atomic mass is 10.1. The Bertz CT molecular complexity index is 1540. The molecule has 0 bridgehead atoms. The molecule has 1 aliphatic rings. The summed E-state index contributed by atoms with van der Waals surface area (Å²) in [7, 11) is -7.54. The van der Waals surface area contributed by atoms with Gasteiger partial charge in [-0.1, -0.05) is 31.0 Å².